The van der Waals surface area contributed by atoms with E-state index in [4.69, 9.17) is 0 Å². The highest BCUT2D eigenvalue weighted by Gasteiger charge is 2.11. The van der Waals surface area contributed by atoms with Crippen LogP contribution < -0.4 is 5.22 Å². The molecule has 0 spiro atoms. The van der Waals surface area contributed by atoms with Crippen LogP contribution in [-0.2, 0) is 0 Å². The lowest BCUT2D eigenvalue weighted by molar-refractivity contribution is 1.66. The monoisotopic (exact) mass is 282 g/mol. The Balaban J connectivity index is 2.47. The molecule has 0 amide bonds. The van der Waals surface area contributed by atoms with Crippen LogP contribution in [0.5, 0.6) is 0 Å². The first kappa shape index (κ1) is 13.1. The molecule has 0 radical (unpaired) electrons. The molecule has 0 bridgehead atoms. The van der Waals surface area contributed by atoms with Gasteiger partial charge in [-0.1, -0.05) is 72.8 Å². The van der Waals surface area contributed by atoms with Gasteiger partial charge in [-0.3, -0.25) is 0 Å². The van der Waals surface area contributed by atoms with E-state index in [1.807, 2.05) is 0 Å². The van der Waals surface area contributed by atoms with Crippen LogP contribution in [0, 0.1) is 0 Å². The number of hydrogen-bond donors (Lipinski definition) is 0. The zero-order chi connectivity index (χ0) is 15.1. The third-order valence-electron chi connectivity index (χ3n) is 4.50. The van der Waals surface area contributed by atoms with E-state index in [0.717, 1.165) is 0 Å². The second-order valence-corrected chi connectivity index (χ2v) is 5.68. The van der Waals surface area contributed by atoms with E-state index in [1.54, 1.807) is 0 Å². The largest absolute Gasteiger partial charge is 0.0870 e. The predicted octanol–water partition coefficient (Wildman–Crippen LogP) is 5.70. The Morgan fingerprint density at radius 1 is 0.682 bits per heavy atom. The summed E-state index contributed by atoms with van der Waals surface area (Å²) in [5, 5.41) is 9.37. The minimum atomic E-state index is 1.30. The fraction of sp³-hybridized carbons (Fsp3) is 0.0909. The number of hydrogen-bond acceptors (Lipinski definition) is 0. The second kappa shape index (κ2) is 4.99. The van der Waals surface area contributed by atoms with E-state index in [1.165, 1.54) is 43.1 Å². The summed E-state index contributed by atoms with van der Waals surface area (Å²) in [6, 6.07) is 19.8. The molecular formula is C22H18. The maximum Gasteiger partial charge on any atom is -0.00264 e. The lowest BCUT2D eigenvalue weighted by Crippen LogP contribution is -2.03. The third-order valence-corrected chi connectivity index (χ3v) is 4.50. The van der Waals surface area contributed by atoms with Crippen LogP contribution >= 0.6 is 0 Å². The molecular weight excluding hydrogens is 264 g/mol. The van der Waals surface area contributed by atoms with E-state index in [0.29, 0.717) is 0 Å². The minimum absolute atomic E-state index is 1.30. The fourth-order valence-corrected chi connectivity index (χ4v) is 3.60. The van der Waals surface area contributed by atoms with Crippen molar-refractivity contribution in [3.8, 4) is 0 Å². The average Bonchev–Trinajstić information content (AvgIpc) is 2.58. The lowest BCUT2D eigenvalue weighted by Gasteiger charge is -2.14. The number of allylic oxidation sites excluding steroid dienone is 1. The second-order valence-electron chi connectivity index (χ2n) is 5.68. The molecule has 0 unspecified atom stereocenters. The van der Waals surface area contributed by atoms with Crippen LogP contribution in [0.25, 0.3) is 44.5 Å². The molecule has 0 heteroatoms. The Morgan fingerprint density at radius 3 is 2.00 bits per heavy atom. The maximum absolute atomic E-state index is 2.25. The van der Waals surface area contributed by atoms with Crippen LogP contribution in [-0.4, -0.2) is 0 Å². The van der Waals surface area contributed by atoms with E-state index >= 15 is 0 Å². The molecule has 0 nitrogen and oxygen atoms in total. The van der Waals surface area contributed by atoms with Crippen molar-refractivity contribution in [1.29, 1.82) is 0 Å². The molecule has 0 heterocycles. The first-order valence-electron chi connectivity index (χ1n) is 7.80. The maximum atomic E-state index is 2.25. The summed E-state index contributed by atoms with van der Waals surface area (Å²) in [7, 11) is 0. The molecule has 0 aliphatic carbocycles. The Kier molecular flexibility index (Phi) is 2.97. The number of rotatable bonds is 1. The quantitative estimate of drug-likeness (QED) is 0.310. The van der Waals surface area contributed by atoms with Gasteiger partial charge in [0.1, 0.15) is 0 Å². The molecule has 4 rings (SSSR count). The Labute approximate surface area is 130 Å². The highest BCUT2D eigenvalue weighted by Crippen LogP contribution is 2.36. The Bertz CT molecular complexity index is 1080. The molecule has 0 aliphatic heterocycles. The molecule has 0 aromatic heterocycles. The van der Waals surface area contributed by atoms with Gasteiger partial charge in [-0.2, -0.15) is 0 Å². The molecule has 0 atom stereocenters. The van der Waals surface area contributed by atoms with Crippen molar-refractivity contribution in [1.82, 2.24) is 0 Å². The van der Waals surface area contributed by atoms with Crippen LogP contribution in [0.15, 0.2) is 60.7 Å². The summed E-state index contributed by atoms with van der Waals surface area (Å²) in [6.45, 7) is 4.20. The van der Waals surface area contributed by atoms with Crippen molar-refractivity contribution in [2.24, 2.45) is 0 Å². The van der Waals surface area contributed by atoms with Crippen molar-refractivity contribution >= 4 is 44.5 Å². The fourth-order valence-electron chi connectivity index (χ4n) is 3.60. The zero-order valence-corrected chi connectivity index (χ0v) is 12.9. The summed E-state index contributed by atoms with van der Waals surface area (Å²) in [5.74, 6) is 0. The standard InChI is InChI=1S/C22H18/c1-3-8-17-18-13-6-10-16-11-7-14-20(22(16)18)19-12-5-9-15(4-2)21(17)19/h3-14H,1-2H3/b8-3-,15-4-. The molecule has 0 saturated heterocycles. The summed E-state index contributed by atoms with van der Waals surface area (Å²) < 4.78 is 0. The van der Waals surface area contributed by atoms with Crippen LogP contribution in [0.4, 0.5) is 0 Å². The van der Waals surface area contributed by atoms with Gasteiger partial charge in [0.2, 0.25) is 0 Å². The number of benzene rings is 4. The van der Waals surface area contributed by atoms with E-state index in [9.17, 15) is 0 Å². The summed E-state index contributed by atoms with van der Waals surface area (Å²) in [4.78, 5) is 0. The molecule has 0 aliphatic rings. The first-order valence-corrected chi connectivity index (χ1v) is 7.80. The minimum Gasteiger partial charge on any atom is -0.0870 e. The van der Waals surface area contributed by atoms with Crippen molar-refractivity contribution in [2.75, 3.05) is 0 Å². The highest BCUT2D eigenvalue weighted by molar-refractivity contribution is 6.24. The summed E-state index contributed by atoms with van der Waals surface area (Å²) in [5.41, 5.74) is 1.33. The number of fused-ring (bicyclic) bond motifs is 2. The normalized spacial score (nSPS) is 13.1. The van der Waals surface area contributed by atoms with Crippen LogP contribution in [0.1, 0.15) is 19.4 Å². The highest BCUT2D eigenvalue weighted by atomic mass is 14.1. The molecule has 0 saturated carbocycles. The van der Waals surface area contributed by atoms with E-state index < -0.39 is 0 Å². The first-order chi connectivity index (χ1) is 10.8. The van der Waals surface area contributed by atoms with E-state index in [2.05, 4.69) is 86.7 Å². The van der Waals surface area contributed by atoms with Gasteiger partial charge in [-0.15, -0.1) is 0 Å². The van der Waals surface area contributed by atoms with Gasteiger partial charge in [-0.25, -0.2) is 0 Å². The topological polar surface area (TPSA) is 0 Å². The van der Waals surface area contributed by atoms with Gasteiger partial charge in [0.15, 0.2) is 0 Å². The van der Waals surface area contributed by atoms with Crippen LogP contribution in [0.3, 0.4) is 0 Å². The SMILES string of the molecule is C/C=C\c1c2cccc3cccc(c4ccc/c(=C/C)c14)c32. The molecule has 0 fully saturated rings. The van der Waals surface area contributed by atoms with Gasteiger partial charge >= 0.3 is 0 Å². The molecule has 0 N–H and O–H groups in total. The van der Waals surface area contributed by atoms with Crippen molar-refractivity contribution in [3.63, 3.8) is 0 Å². The molecule has 4 aromatic carbocycles. The third kappa shape index (κ3) is 1.70. The van der Waals surface area contributed by atoms with Gasteiger partial charge in [0, 0.05) is 0 Å². The van der Waals surface area contributed by atoms with Gasteiger partial charge < -0.3 is 0 Å². The van der Waals surface area contributed by atoms with Crippen LogP contribution in [0.2, 0.25) is 0 Å². The smallest absolute Gasteiger partial charge is 0.00264 e. The summed E-state index contributed by atoms with van der Waals surface area (Å²) in [6.07, 6.45) is 6.59. The molecule has 4 aromatic rings. The molecule has 106 valence electrons. The Morgan fingerprint density at radius 2 is 1.32 bits per heavy atom. The van der Waals surface area contributed by atoms with E-state index in [-0.39, 0.29) is 0 Å². The average molecular weight is 282 g/mol. The van der Waals surface area contributed by atoms with Gasteiger partial charge in [0.25, 0.3) is 0 Å². The van der Waals surface area contributed by atoms with Gasteiger partial charge in [0.05, 0.1) is 0 Å². The van der Waals surface area contributed by atoms with Crippen molar-refractivity contribution in [2.45, 2.75) is 13.8 Å². The molecule has 22 heavy (non-hydrogen) atoms. The summed E-state index contributed by atoms with van der Waals surface area (Å²) >= 11 is 0. The lowest BCUT2D eigenvalue weighted by atomic mass is 9.89. The van der Waals surface area contributed by atoms with Crippen molar-refractivity contribution in [3.05, 3.63) is 71.5 Å². The zero-order valence-electron chi connectivity index (χ0n) is 12.9. The van der Waals surface area contributed by atoms with Gasteiger partial charge in [-0.05, 0) is 56.9 Å². The van der Waals surface area contributed by atoms with Crippen molar-refractivity contribution < 1.29 is 0 Å². The Hall–Kier alpha value is -2.60. The predicted molar refractivity (Wildman–Crippen MR) is 99.0 cm³/mol.